The van der Waals surface area contributed by atoms with Gasteiger partial charge in [-0.1, -0.05) is 147 Å². The summed E-state index contributed by atoms with van der Waals surface area (Å²) in [5.74, 6) is 1.95. The van der Waals surface area contributed by atoms with Gasteiger partial charge in [0.2, 0.25) is 0 Å². The number of para-hydroxylation sites is 1. The van der Waals surface area contributed by atoms with E-state index in [4.69, 9.17) is 15.0 Å². The number of hydrogen-bond acceptors (Lipinski definition) is 4. The van der Waals surface area contributed by atoms with E-state index >= 15 is 0 Å². The lowest BCUT2D eigenvalue weighted by Crippen LogP contribution is -2.15. The Morgan fingerprint density at radius 1 is 0.528 bits per heavy atom. The van der Waals surface area contributed by atoms with Crippen molar-refractivity contribution in [1.82, 2.24) is 19.5 Å². The predicted molar refractivity (Wildman–Crippen MR) is 221 cm³/mol. The Morgan fingerprint density at radius 2 is 1.11 bits per heavy atom. The van der Waals surface area contributed by atoms with E-state index in [0.717, 1.165) is 22.4 Å². The molecule has 3 heterocycles. The van der Waals surface area contributed by atoms with E-state index in [9.17, 15) is 0 Å². The Labute approximate surface area is 310 Å². The molecule has 0 spiro atoms. The molecule has 0 saturated carbocycles. The molecule has 4 nitrogen and oxygen atoms in total. The summed E-state index contributed by atoms with van der Waals surface area (Å²) in [4.78, 5) is 15.1. The SMILES string of the molecule is CC1(C)c2ccccc2-c2c1c1sc3ccccc3c1c1c2c2ccccc2n1-c1cccc(-c2nc(-c3ccccc3)nc(-c3ccccc3)n2)c1. The van der Waals surface area contributed by atoms with Crippen LogP contribution in [-0.4, -0.2) is 19.5 Å². The first-order valence-electron chi connectivity index (χ1n) is 18.0. The molecule has 0 unspecified atom stereocenters. The fraction of sp³-hybridized carbons (Fsp3) is 0.0625. The average molecular weight is 697 g/mol. The van der Waals surface area contributed by atoms with Gasteiger partial charge in [0.25, 0.3) is 0 Å². The smallest absolute Gasteiger partial charge is 0.164 e. The highest BCUT2D eigenvalue weighted by Gasteiger charge is 2.40. The first kappa shape index (κ1) is 30.2. The molecule has 3 aromatic heterocycles. The second-order valence-electron chi connectivity index (χ2n) is 14.4. The van der Waals surface area contributed by atoms with E-state index in [-0.39, 0.29) is 5.41 Å². The van der Waals surface area contributed by atoms with Crippen molar-refractivity contribution in [3.05, 3.63) is 169 Å². The Bertz CT molecular complexity index is 3020. The van der Waals surface area contributed by atoms with Crippen LogP contribution in [0.5, 0.6) is 0 Å². The summed E-state index contributed by atoms with van der Waals surface area (Å²) >= 11 is 1.93. The van der Waals surface area contributed by atoms with Crippen LogP contribution >= 0.6 is 11.3 Å². The molecule has 0 atom stereocenters. The number of benzene rings is 7. The molecule has 0 saturated heterocycles. The van der Waals surface area contributed by atoms with Crippen molar-refractivity contribution >= 4 is 53.3 Å². The second-order valence-corrected chi connectivity index (χ2v) is 15.4. The molecule has 0 radical (unpaired) electrons. The quantitative estimate of drug-likeness (QED) is 0.184. The third-order valence-corrected chi connectivity index (χ3v) is 12.2. The summed E-state index contributed by atoms with van der Waals surface area (Å²) in [5.41, 5.74) is 11.7. The van der Waals surface area contributed by atoms with E-state index in [2.05, 4.69) is 140 Å². The standard InChI is InChI=1S/C48H32N4S/c1-48(2)36-25-12-9-22-33(36)39-40-34-23-10-13-26-37(34)52(43(40)41-35-24-11-14-27-38(35)53-44(41)42(39)48)32-21-15-20-31(28-32)47-50-45(29-16-5-3-6-17-29)49-46(51-47)30-18-7-4-8-19-30/h3-28H,1-2H3. The van der Waals surface area contributed by atoms with Crippen LogP contribution in [0.1, 0.15) is 25.0 Å². The second kappa shape index (κ2) is 11.3. The minimum atomic E-state index is -0.145. The fourth-order valence-corrected chi connectivity index (χ4v) is 10.1. The van der Waals surface area contributed by atoms with Crippen molar-refractivity contribution in [2.75, 3.05) is 0 Å². The van der Waals surface area contributed by atoms with Crippen molar-refractivity contribution in [3.63, 3.8) is 0 Å². The Morgan fingerprint density at radius 3 is 1.85 bits per heavy atom. The average Bonchev–Trinajstić information content (AvgIpc) is 3.84. The van der Waals surface area contributed by atoms with Crippen LogP contribution in [0.15, 0.2) is 158 Å². The molecular weight excluding hydrogens is 665 g/mol. The molecule has 7 aromatic carbocycles. The van der Waals surface area contributed by atoms with Crippen LogP contribution < -0.4 is 0 Å². The summed E-state index contributed by atoms with van der Waals surface area (Å²) in [6, 6.07) is 55.9. The van der Waals surface area contributed by atoms with Crippen molar-refractivity contribution in [2.24, 2.45) is 0 Å². The highest BCUT2D eigenvalue weighted by atomic mass is 32.1. The summed E-state index contributed by atoms with van der Waals surface area (Å²) in [5, 5.41) is 5.18. The first-order valence-corrected chi connectivity index (χ1v) is 18.9. The molecule has 53 heavy (non-hydrogen) atoms. The molecule has 0 amide bonds. The molecule has 5 heteroatoms. The maximum absolute atomic E-state index is 5.09. The van der Waals surface area contributed by atoms with Crippen LogP contribution in [0.4, 0.5) is 0 Å². The minimum absolute atomic E-state index is 0.145. The Kier molecular flexibility index (Phi) is 6.43. The van der Waals surface area contributed by atoms with Crippen molar-refractivity contribution in [2.45, 2.75) is 19.3 Å². The lowest BCUT2D eigenvalue weighted by atomic mass is 9.81. The fourth-order valence-electron chi connectivity index (χ4n) is 8.66. The van der Waals surface area contributed by atoms with Gasteiger partial charge >= 0.3 is 0 Å². The first-order chi connectivity index (χ1) is 26.1. The number of rotatable bonds is 4. The molecule has 1 aliphatic rings. The van der Waals surface area contributed by atoms with Gasteiger partial charge in [0, 0.05) is 58.7 Å². The lowest BCUT2D eigenvalue weighted by molar-refractivity contribution is 0.667. The van der Waals surface area contributed by atoms with Gasteiger partial charge in [-0.15, -0.1) is 11.3 Å². The Balaban J connectivity index is 1.24. The van der Waals surface area contributed by atoms with Gasteiger partial charge in [0.15, 0.2) is 17.5 Å². The molecular formula is C48H32N4S. The van der Waals surface area contributed by atoms with Crippen molar-refractivity contribution in [3.8, 4) is 51.0 Å². The minimum Gasteiger partial charge on any atom is -0.309 e. The summed E-state index contributed by atoms with van der Waals surface area (Å²) in [7, 11) is 0. The van der Waals surface area contributed by atoms with E-state index in [1.165, 1.54) is 64.2 Å². The van der Waals surface area contributed by atoms with Crippen molar-refractivity contribution < 1.29 is 0 Å². The highest BCUT2D eigenvalue weighted by Crippen LogP contribution is 2.58. The maximum atomic E-state index is 5.09. The largest absolute Gasteiger partial charge is 0.309 e. The molecule has 11 rings (SSSR count). The van der Waals surface area contributed by atoms with Crippen LogP contribution in [0.3, 0.4) is 0 Å². The lowest BCUT2D eigenvalue weighted by Gasteiger charge is -2.22. The molecule has 10 aromatic rings. The van der Waals surface area contributed by atoms with Gasteiger partial charge in [-0.05, 0) is 46.5 Å². The normalized spacial score (nSPS) is 13.2. The van der Waals surface area contributed by atoms with Crippen LogP contribution in [-0.2, 0) is 5.41 Å². The third kappa shape index (κ3) is 4.38. The summed E-state index contributed by atoms with van der Waals surface area (Å²) < 4.78 is 5.16. The Hall–Kier alpha value is -6.43. The van der Waals surface area contributed by atoms with Gasteiger partial charge in [-0.3, -0.25) is 0 Å². The van der Waals surface area contributed by atoms with E-state index in [1.54, 1.807) is 0 Å². The zero-order chi connectivity index (χ0) is 35.3. The van der Waals surface area contributed by atoms with E-state index in [0.29, 0.717) is 17.5 Å². The molecule has 250 valence electrons. The third-order valence-electron chi connectivity index (χ3n) is 11.0. The number of nitrogens with zero attached hydrogens (tertiary/aromatic N) is 4. The van der Waals surface area contributed by atoms with Crippen LogP contribution in [0.2, 0.25) is 0 Å². The molecule has 0 N–H and O–H groups in total. The molecule has 1 aliphatic carbocycles. The maximum Gasteiger partial charge on any atom is 0.164 e. The summed E-state index contributed by atoms with van der Waals surface area (Å²) in [6.07, 6.45) is 0. The molecule has 0 bridgehead atoms. The monoisotopic (exact) mass is 696 g/mol. The number of thiophene rings is 1. The van der Waals surface area contributed by atoms with E-state index < -0.39 is 0 Å². The molecule has 0 fully saturated rings. The van der Waals surface area contributed by atoms with Crippen molar-refractivity contribution in [1.29, 1.82) is 0 Å². The van der Waals surface area contributed by atoms with Crippen LogP contribution in [0.25, 0.3) is 93.0 Å². The van der Waals surface area contributed by atoms with Gasteiger partial charge in [-0.2, -0.15) is 0 Å². The number of hydrogen-bond donors (Lipinski definition) is 0. The zero-order valence-electron chi connectivity index (χ0n) is 29.2. The number of aromatic nitrogens is 4. The van der Waals surface area contributed by atoms with Gasteiger partial charge in [-0.25, -0.2) is 15.0 Å². The highest BCUT2D eigenvalue weighted by molar-refractivity contribution is 7.26. The topological polar surface area (TPSA) is 43.6 Å². The van der Waals surface area contributed by atoms with Gasteiger partial charge in [0.1, 0.15) is 0 Å². The zero-order valence-corrected chi connectivity index (χ0v) is 30.0. The van der Waals surface area contributed by atoms with Gasteiger partial charge < -0.3 is 4.57 Å². The van der Waals surface area contributed by atoms with Gasteiger partial charge in [0.05, 0.1) is 11.0 Å². The van der Waals surface area contributed by atoms with E-state index in [1.807, 2.05) is 47.7 Å². The van der Waals surface area contributed by atoms with Crippen LogP contribution in [0, 0.1) is 0 Å². The summed E-state index contributed by atoms with van der Waals surface area (Å²) in [6.45, 7) is 4.80. The predicted octanol–water partition coefficient (Wildman–Crippen LogP) is 12.6. The molecule has 0 aliphatic heterocycles. The number of fused-ring (bicyclic) bond motifs is 12.